The van der Waals surface area contributed by atoms with Crippen LogP contribution in [0.2, 0.25) is 0 Å². The van der Waals surface area contributed by atoms with Gasteiger partial charge in [0.2, 0.25) is 0 Å². The van der Waals surface area contributed by atoms with E-state index in [0.29, 0.717) is 16.8 Å². The summed E-state index contributed by atoms with van der Waals surface area (Å²) in [5.74, 6) is -0.586. The Labute approximate surface area is 160 Å². The van der Waals surface area contributed by atoms with Gasteiger partial charge in [-0.3, -0.25) is 4.79 Å². The van der Waals surface area contributed by atoms with E-state index < -0.39 is 0 Å². The molecule has 0 saturated heterocycles. The Morgan fingerprint density at radius 2 is 1.85 bits per heavy atom. The van der Waals surface area contributed by atoms with E-state index in [1.54, 1.807) is 12.3 Å². The van der Waals surface area contributed by atoms with Gasteiger partial charge in [-0.15, -0.1) is 0 Å². The number of unbranched alkanes of at least 4 members (excludes halogenated alkanes) is 1. The molecule has 4 nitrogen and oxygen atoms in total. The molecule has 0 spiro atoms. The normalized spacial score (nSPS) is 14.2. The van der Waals surface area contributed by atoms with E-state index in [1.165, 1.54) is 30.7 Å². The highest BCUT2D eigenvalue weighted by molar-refractivity contribution is 6.31. The molecule has 1 amide bonds. The van der Waals surface area contributed by atoms with Gasteiger partial charge >= 0.3 is 0 Å². The maximum absolute atomic E-state index is 13.5. The van der Waals surface area contributed by atoms with Crippen LogP contribution in [0.1, 0.15) is 38.7 Å². The molecule has 2 aromatic carbocycles. The zero-order chi connectivity index (χ0) is 19.2. The topological polar surface area (TPSA) is 44.4 Å². The summed E-state index contributed by atoms with van der Waals surface area (Å²) in [5.41, 5.74) is 3.74. The summed E-state index contributed by atoms with van der Waals surface area (Å²) in [5, 5.41) is 5.90. The van der Waals surface area contributed by atoms with Crippen molar-refractivity contribution < 1.29 is 9.18 Å². The van der Waals surface area contributed by atoms with Gasteiger partial charge in [0.05, 0.1) is 5.57 Å². The van der Waals surface area contributed by atoms with E-state index in [-0.39, 0.29) is 11.7 Å². The van der Waals surface area contributed by atoms with E-state index in [9.17, 15) is 9.18 Å². The highest BCUT2D eigenvalue weighted by Gasteiger charge is 2.24. The van der Waals surface area contributed by atoms with Crippen LogP contribution in [-0.4, -0.2) is 19.0 Å². The molecule has 27 heavy (non-hydrogen) atoms. The second kappa shape index (κ2) is 8.71. The lowest BCUT2D eigenvalue weighted by molar-refractivity contribution is -0.110. The second-order valence-corrected chi connectivity index (χ2v) is 6.73. The SMILES string of the molecule is CCCCN(CCC)c1ccc(N/C=C2/C(=O)Nc3ccc(F)cc32)cc1. The van der Waals surface area contributed by atoms with Crippen molar-refractivity contribution in [3.8, 4) is 0 Å². The van der Waals surface area contributed by atoms with Crippen LogP contribution in [-0.2, 0) is 4.79 Å². The molecule has 0 bridgehead atoms. The van der Waals surface area contributed by atoms with Gasteiger partial charge in [-0.1, -0.05) is 20.3 Å². The van der Waals surface area contributed by atoms with Crippen molar-refractivity contribution in [2.24, 2.45) is 0 Å². The second-order valence-electron chi connectivity index (χ2n) is 6.73. The molecule has 0 aliphatic carbocycles. The number of hydrogen-bond donors (Lipinski definition) is 2. The monoisotopic (exact) mass is 367 g/mol. The highest BCUT2D eigenvalue weighted by atomic mass is 19.1. The number of carbonyl (C=O) groups excluding carboxylic acids is 1. The third-order valence-electron chi connectivity index (χ3n) is 4.66. The zero-order valence-corrected chi connectivity index (χ0v) is 15.9. The van der Waals surface area contributed by atoms with Crippen molar-refractivity contribution in [3.05, 3.63) is 60.0 Å². The van der Waals surface area contributed by atoms with Gasteiger partial charge in [-0.25, -0.2) is 4.39 Å². The van der Waals surface area contributed by atoms with Crippen LogP contribution in [0.5, 0.6) is 0 Å². The maximum atomic E-state index is 13.5. The Balaban J connectivity index is 1.73. The molecule has 0 atom stereocenters. The number of anilines is 3. The Morgan fingerprint density at radius 3 is 2.56 bits per heavy atom. The first-order valence-corrected chi connectivity index (χ1v) is 9.55. The number of fused-ring (bicyclic) bond motifs is 1. The fourth-order valence-corrected chi connectivity index (χ4v) is 3.22. The lowest BCUT2D eigenvalue weighted by Crippen LogP contribution is -2.25. The Kier molecular flexibility index (Phi) is 6.12. The molecule has 2 N–H and O–H groups in total. The summed E-state index contributed by atoms with van der Waals surface area (Å²) in [6.45, 7) is 6.49. The van der Waals surface area contributed by atoms with Crippen molar-refractivity contribution in [1.29, 1.82) is 0 Å². The predicted octanol–water partition coefficient (Wildman–Crippen LogP) is 5.25. The molecular formula is C22H26FN3O. The molecule has 0 saturated carbocycles. The maximum Gasteiger partial charge on any atom is 0.257 e. The number of halogens is 1. The number of carbonyl (C=O) groups is 1. The van der Waals surface area contributed by atoms with E-state index in [2.05, 4.69) is 41.5 Å². The van der Waals surface area contributed by atoms with Crippen molar-refractivity contribution in [1.82, 2.24) is 0 Å². The Morgan fingerprint density at radius 1 is 1.07 bits per heavy atom. The molecule has 1 aliphatic rings. The highest BCUT2D eigenvalue weighted by Crippen LogP contribution is 2.32. The van der Waals surface area contributed by atoms with E-state index >= 15 is 0 Å². The third-order valence-corrected chi connectivity index (χ3v) is 4.66. The molecule has 0 fully saturated rings. The van der Waals surface area contributed by atoms with Crippen LogP contribution in [0.4, 0.5) is 21.5 Å². The van der Waals surface area contributed by atoms with Crippen molar-refractivity contribution in [3.63, 3.8) is 0 Å². The van der Waals surface area contributed by atoms with E-state index in [4.69, 9.17) is 0 Å². The van der Waals surface area contributed by atoms with Crippen molar-refractivity contribution >= 4 is 28.5 Å². The molecule has 0 radical (unpaired) electrons. The molecule has 0 unspecified atom stereocenters. The molecule has 3 rings (SSSR count). The summed E-state index contributed by atoms with van der Waals surface area (Å²) in [6, 6.07) is 12.5. The molecule has 0 aromatic heterocycles. The zero-order valence-electron chi connectivity index (χ0n) is 15.9. The van der Waals surface area contributed by atoms with Crippen LogP contribution in [0.25, 0.3) is 5.57 Å². The van der Waals surface area contributed by atoms with Crippen LogP contribution in [0.3, 0.4) is 0 Å². The Bertz CT molecular complexity index is 830. The standard InChI is InChI=1S/C22H26FN3O/c1-3-5-13-26(12-4-2)18-9-7-17(8-10-18)24-15-20-19-14-16(23)6-11-21(19)25-22(20)27/h6-11,14-15,24H,3-5,12-13H2,1-2H3,(H,25,27)/b20-15+. The minimum atomic E-state index is -0.358. The lowest BCUT2D eigenvalue weighted by Gasteiger charge is -2.24. The molecule has 142 valence electrons. The molecule has 1 aliphatic heterocycles. The smallest absolute Gasteiger partial charge is 0.257 e. The van der Waals surface area contributed by atoms with Crippen molar-refractivity contribution in [2.45, 2.75) is 33.1 Å². The Hall–Kier alpha value is -2.82. The van der Waals surface area contributed by atoms with Gasteiger partial charge < -0.3 is 15.5 Å². The third kappa shape index (κ3) is 4.48. The summed E-state index contributed by atoms with van der Waals surface area (Å²) in [6.07, 6.45) is 5.10. The summed E-state index contributed by atoms with van der Waals surface area (Å²) < 4.78 is 13.5. The van der Waals surface area contributed by atoms with E-state index in [0.717, 1.165) is 25.2 Å². The number of amides is 1. The first-order valence-electron chi connectivity index (χ1n) is 9.55. The number of hydrogen-bond acceptors (Lipinski definition) is 3. The van der Waals surface area contributed by atoms with Crippen LogP contribution in [0, 0.1) is 5.82 Å². The summed E-state index contributed by atoms with van der Waals surface area (Å²) >= 11 is 0. The largest absolute Gasteiger partial charge is 0.372 e. The van der Waals surface area contributed by atoms with Gasteiger partial charge in [0.25, 0.3) is 5.91 Å². The number of rotatable bonds is 8. The minimum absolute atomic E-state index is 0.228. The average molecular weight is 367 g/mol. The van der Waals surface area contributed by atoms with E-state index in [1.807, 2.05) is 12.1 Å². The van der Waals surface area contributed by atoms with Crippen LogP contribution in [0.15, 0.2) is 48.7 Å². The van der Waals surface area contributed by atoms with Crippen LogP contribution < -0.4 is 15.5 Å². The lowest BCUT2D eigenvalue weighted by atomic mass is 10.1. The van der Waals surface area contributed by atoms with Crippen molar-refractivity contribution in [2.75, 3.05) is 28.6 Å². The van der Waals surface area contributed by atoms with Gasteiger partial charge in [0.15, 0.2) is 0 Å². The van der Waals surface area contributed by atoms with Gasteiger partial charge in [-0.05, 0) is 55.3 Å². The minimum Gasteiger partial charge on any atom is -0.372 e. The quantitative estimate of drug-likeness (QED) is 0.627. The molecule has 2 aromatic rings. The molecule has 5 heteroatoms. The number of benzene rings is 2. The number of nitrogens with one attached hydrogen (secondary N) is 2. The molecule has 1 heterocycles. The fourth-order valence-electron chi connectivity index (χ4n) is 3.22. The molecular weight excluding hydrogens is 341 g/mol. The van der Waals surface area contributed by atoms with Gasteiger partial charge in [0.1, 0.15) is 5.82 Å². The fraction of sp³-hybridized carbons (Fsp3) is 0.318. The first-order chi connectivity index (χ1) is 13.1. The first kappa shape index (κ1) is 19.0. The van der Waals surface area contributed by atoms with Gasteiger partial charge in [0, 0.05) is 41.9 Å². The van der Waals surface area contributed by atoms with Crippen LogP contribution >= 0.6 is 0 Å². The number of nitrogens with zero attached hydrogens (tertiary/aromatic N) is 1. The van der Waals surface area contributed by atoms with Gasteiger partial charge in [-0.2, -0.15) is 0 Å². The predicted molar refractivity (Wildman–Crippen MR) is 110 cm³/mol. The summed E-state index contributed by atoms with van der Waals surface area (Å²) in [7, 11) is 0. The summed E-state index contributed by atoms with van der Waals surface area (Å²) in [4.78, 5) is 14.5. The average Bonchev–Trinajstić information content (AvgIpc) is 2.98.